The summed E-state index contributed by atoms with van der Waals surface area (Å²) in [5, 5.41) is 9.48. The number of amides is 2. The van der Waals surface area contributed by atoms with E-state index in [1.165, 1.54) is 12.1 Å². The van der Waals surface area contributed by atoms with Gasteiger partial charge in [-0.25, -0.2) is 9.29 Å². The number of benzene rings is 2. The van der Waals surface area contributed by atoms with Crippen molar-refractivity contribution in [1.82, 2.24) is 4.90 Å². The molecule has 2 aliphatic rings. The Balaban J connectivity index is 1.79. The molecule has 32 heavy (non-hydrogen) atoms. The summed E-state index contributed by atoms with van der Waals surface area (Å²) in [4.78, 5) is 30.0. The highest BCUT2D eigenvalue weighted by molar-refractivity contribution is 6.45. The lowest BCUT2D eigenvalue weighted by Gasteiger charge is -2.34. The first kappa shape index (κ1) is 22.3. The Morgan fingerprint density at radius 1 is 1.16 bits per heavy atom. The van der Waals surface area contributed by atoms with Gasteiger partial charge in [-0.15, -0.1) is 0 Å². The Morgan fingerprint density at radius 3 is 2.56 bits per heavy atom. The number of aliphatic hydroxyl groups is 1. The molecule has 2 amide bonds. The van der Waals surface area contributed by atoms with Gasteiger partial charge in [-0.1, -0.05) is 23.7 Å². The average molecular weight is 459 g/mol. The molecule has 8 heteroatoms. The van der Waals surface area contributed by atoms with Gasteiger partial charge in [-0.2, -0.15) is 0 Å². The van der Waals surface area contributed by atoms with Crippen molar-refractivity contribution in [2.45, 2.75) is 19.8 Å². The minimum absolute atomic E-state index is 0.0155. The number of aliphatic hydroxyl groups excluding tert-OH is 1. The van der Waals surface area contributed by atoms with E-state index in [0.717, 1.165) is 23.8 Å². The molecule has 1 saturated heterocycles. The fraction of sp³-hybridized carbons (Fsp3) is 0.333. The van der Waals surface area contributed by atoms with Gasteiger partial charge in [-0.05, 0) is 61.6 Å². The summed E-state index contributed by atoms with van der Waals surface area (Å²) < 4.78 is 19.2. The third-order valence-corrected chi connectivity index (χ3v) is 6.06. The van der Waals surface area contributed by atoms with Crippen LogP contribution in [0.2, 0.25) is 5.02 Å². The maximum Gasteiger partial charge on any atom is 0.282 e. The lowest BCUT2D eigenvalue weighted by molar-refractivity contribution is -0.120. The maximum absolute atomic E-state index is 13.7. The van der Waals surface area contributed by atoms with Gasteiger partial charge in [-0.3, -0.25) is 9.59 Å². The molecule has 0 spiro atoms. The number of anilines is 1. The number of hydrogen-bond acceptors (Lipinski definition) is 5. The van der Waals surface area contributed by atoms with Crippen molar-refractivity contribution < 1.29 is 23.8 Å². The van der Waals surface area contributed by atoms with Crippen LogP contribution < -0.4 is 9.64 Å². The van der Waals surface area contributed by atoms with Crippen LogP contribution in [0.1, 0.15) is 25.3 Å². The number of piperidine rings is 1. The number of nitrogens with zero attached hydrogens (tertiary/aromatic N) is 2. The van der Waals surface area contributed by atoms with Gasteiger partial charge < -0.3 is 14.7 Å². The third kappa shape index (κ3) is 4.10. The van der Waals surface area contributed by atoms with Gasteiger partial charge in [0.15, 0.2) is 0 Å². The normalized spacial score (nSPS) is 19.2. The van der Waals surface area contributed by atoms with Crippen LogP contribution in [-0.4, -0.2) is 48.1 Å². The number of ether oxygens (including phenoxy) is 1. The Hall–Kier alpha value is -2.90. The van der Waals surface area contributed by atoms with Gasteiger partial charge in [0.05, 0.1) is 22.9 Å². The summed E-state index contributed by atoms with van der Waals surface area (Å²) in [7, 11) is 0. The zero-order valence-electron chi connectivity index (χ0n) is 17.7. The molecule has 0 radical (unpaired) electrons. The molecule has 1 fully saturated rings. The van der Waals surface area contributed by atoms with E-state index >= 15 is 0 Å². The molecule has 2 aliphatic heterocycles. The average Bonchev–Trinajstić information content (AvgIpc) is 3.06. The lowest BCUT2D eigenvalue weighted by atomic mass is 9.97. The molecule has 2 heterocycles. The number of carbonyl (C=O) groups is 2. The highest BCUT2D eigenvalue weighted by Gasteiger charge is 2.43. The Morgan fingerprint density at radius 2 is 1.91 bits per heavy atom. The molecule has 0 bridgehead atoms. The standard InChI is InChI=1S/C24H24ClFN2O4/c1-2-32-18-8-5-16(6-9-18)21-22(27-11-3-4-15(13-27)14-29)24(31)28(23(21)30)17-7-10-20(26)19(25)12-17/h5-10,12,15,29H,2-4,11,13-14H2,1H3. The molecule has 168 valence electrons. The van der Waals surface area contributed by atoms with E-state index < -0.39 is 17.6 Å². The van der Waals surface area contributed by atoms with Gasteiger partial charge in [0.2, 0.25) is 0 Å². The molecule has 2 aromatic carbocycles. The van der Waals surface area contributed by atoms with Crippen molar-refractivity contribution in [3.05, 3.63) is 64.6 Å². The molecular formula is C24H24ClFN2O4. The predicted octanol–water partition coefficient (Wildman–Crippen LogP) is 3.87. The van der Waals surface area contributed by atoms with Crippen LogP contribution in [0, 0.1) is 11.7 Å². The minimum atomic E-state index is -0.628. The monoisotopic (exact) mass is 458 g/mol. The second-order valence-electron chi connectivity index (χ2n) is 7.86. The third-order valence-electron chi connectivity index (χ3n) is 5.77. The van der Waals surface area contributed by atoms with E-state index in [0.29, 0.717) is 31.0 Å². The molecule has 0 aliphatic carbocycles. The lowest BCUT2D eigenvalue weighted by Crippen LogP contribution is -2.40. The summed E-state index contributed by atoms with van der Waals surface area (Å²) in [5.41, 5.74) is 1.36. The van der Waals surface area contributed by atoms with Crippen LogP contribution in [0.15, 0.2) is 48.2 Å². The first-order chi connectivity index (χ1) is 15.4. The highest BCUT2D eigenvalue weighted by atomic mass is 35.5. The number of rotatable bonds is 6. The van der Waals surface area contributed by atoms with Crippen LogP contribution in [0.5, 0.6) is 5.75 Å². The van der Waals surface area contributed by atoms with Gasteiger partial charge in [0.25, 0.3) is 11.8 Å². The van der Waals surface area contributed by atoms with Crippen molar-refractivity contribution in [3.8, 4) is 5.75 Å². The fourth-order valence-electron chi connectivity index (χ4n) is 4.23. The van der Waals surface area contributed by atoms with E-state index in [-0.39, 0.29) is 34.5 Å². The van der Waals surface area contributed by atoms with E-state index in [1.807, 2.05) is 11.8 Å². The number of halogens is 2. The summed E-state index contributed by atoms with van der Waals surface area (Å²) >= 11 is 5.92. The zero-order valence-corrected chi connectivity index (χ0v) is 18.4. The Kier molecular flexibility index (Phi) is 6.48. The molecular weight excluding hydrogens is 435 g/mol. The van der Waals surface area contributed by atoms with Crippen molar-refractivity contribution in [3.63, 3.8) is 0 Å². The van der Waals surface area contributed by atoms with Crippen LogP contribution in [0.3, 0.4) is 0 Å². The quantitative estimate of drug-likeness (QED) is 0.665. The van der Waals surface area contributed by atoms with Gasteiger partial charge in [0, 0.05) is 19.7 Å². The number of likely N-dealkylation sites (tertiary alicyclic amines) is 1. The van der Waals surface area contributed by atoms with Gasteiger partial charge >= 0.3 is 0 Å². The largest absolute Gasteiger partial charge is 0.494 e. The van der Waals surface area contributed by atoms with Crippen LogP contribution in [0.4, 0.5) is 10.1 Å². The second kappa shape index (κ2) is 9.30. The highest BCUT2D eigenvalue weighted by Crippen LogP contribution is 2.37. The Bertz CT molecular complexity index is 1070. The van der Waals surface area contributed by atoms with Crippen molar-refractivity contribution in [2.24, 2.45) is 5.92 Å². The number of carbonyl (C=O) groups excluding carboxylic acids is 2. The summed E-state index contributed by atoms with van der Waals surface area (Å²) in [5.74, 6) is -0.926. The molecule has 1 N–H and O–H groups in total. The molecule has 6 nitrogen and oxygen atoms in total. The van der Waals surface area contributed by atoms with E-state index in [9.17, 15) is 19.1 Å². The Labute approximate surface area is 190 Å². The van der Waals surface area contributed by atoms with Crippen LogP contribution in [0.25, 0.3) is 5.57 Å². The predicted molar refractivity (Wildman–Crippen MR) is 120 cm³/mol. The first-order valence-electron chi connectivity index (χ1n) is 10.6. The maximum atomic E-state index is 13.7. The summed E-state index contributed by atoms with van der Waals surface area (Å²) in [6.45, 7) is 3.49. The van der Waals surface area contributed by atoms with Crippen LogP contribution >= 0.6 is 11.6 Å². The molecule has 0 saturated carbocycles. The fourth-order valence-corrected chi connectivity index (χ4v) is 4.41. The first-order valence-corrected chi connectivity index (χ1v) is 11.0. The molecule has 1 unspecified atom stereocenters. The van der Waals surface area contributed by atoms with Crippen molar-refractivity contribution in [2.75, 3.05) is 31.2 Å². The molecule has 2 aromatic rings. The molecule has 0 aromatic heterocycles. The van der Waals surface area contributed by atoms with E-state index in [1.54, 1.807) is 24.3 Å². The van der Waals surface area contributed by atoms with Crippen molar-refractivity contribution >= 4 is 34.7 Å². The number of hydrogen-bond donors (Lipinski definition) is 1. The summed E-state index contributed by atoms with van der Waals surface area (Å²) in [6.07, 6.45) is 1.66. The molecule has 1 atom stereocenters. The summed E-state index contributed by atoms with van der Waals surface area (Å²) in [6, 6.07) is 10.8. The zero-order chi connectivity index (χ0) is 22.8. The van der Waals surface area contributed by atoms with E-state index in [2.05, 4.69) is 0 Å². The van der Waals surface area contributed by atoms with E-state index in [4.69, 9.17) is 16.3 Å². The minimum Gasteiger partial charge on any atom is -0.494 e. The molecule has 4 rings (SSSR count). The topological polar surface area (TPSA) is 70.1 Å². The van der Waals surface area contributed by atoms with Crippen molar-refractivity contribution in [1.29, 1.82) is 0 Å². The smallest absolute Gasteiger partial charge is 0.282 e. The second-order valence-corrected chi connectivity index (χ2v) is 8.27. The number of imide groups is 1. The SMILES string of the molecule is CCOc1ccc(C2=C(N3CCCC(CO)C3)C(=O)N(c3ccc(F)c(Cl)c3)C2=O)cc1. The van der Waals surface area contributed by atoms with Gasteiger partial charge in [0.1, 0.15) is 17.3 Å². The van der Waals surface area contributed by atoms with Crippen LogP contribution in [-0.2, 0) is 9.59 Å².